The molecule has 1 fully saturated rings. The highest BCUT2D eigenvalue weighted by molar-refractivity contribution is 5.78. The maximum atomic E-state index is 11.9. The van der Waals surface area contributed by atoms with E-state index in [-0.39, 0.29) is 24.5 Å². The third-order valence-corrected chi connectivity index (χ3v) is 3.53. The molecule has 0 bridgehead atoms. The first-order valence-electron chi connectivity index (χ1n) is 6.68. The Kier molecular flexibility index (Phi) is 6.52. The molecule has 1 saturated heterocycles. The van der Waals surface area contributed by atoms with Crippen molar-refractivity contribution in [2.24, 2.45) is 11.8 Å². The van der Waals surface area contributed by atoms with E-state index in [1.54, 1.807) is 0 Å². The predicted molar refractivity (Wildman–Crippen MR) is 66.6 cm³/mol. The predicted octanol–water partition coefficient (Wildman–Crippen LogP) is 1.33. The third kappa shape index (κ3) is 4.64. The van der Waals surface area contributed by atoms with Crippen LogP contribution in [0.2, 0.25) is 0 Å². The summed E-state index contributed by atoms with van der Waals surface area (Å²) in [5.74, 6) is 0.456. The first-order chi connectivity index (χ1) is 8.19. The van der Waals surface area contributed by atoms with Crippen molar-refractivity contribution in [3.8, 4) is 0 Å². The van der Waals surface area contributed by atoms with Crippen molar-refractivity contribution in [2.75, 3.05) is 19.8 Å². The SMILES string of the molecule is CCCC(C)C(=O)N[C@@H](CO)C1CCOCC1. The van der Waals surface area contributed by atoms with Gasteiger partial charge in [0.05, 0.1) is 12.6 Å². The Morgan fingerprint density at radius 1 is 1.47 bits per heavy atom. The lowest BCUT2D eigenvalue weighted by Gasteiger charge is -2.30. The van der Waals surface area contributed by atoms with E-state index in [0.29, 0.717) is 5.92 Å². The summed E-state index contributed by atoms with van der Waals surface area (Å²) in [5.41, 5.74) is 0. The van der Waals surface area contributed by atoms with Crippen molar-refractivity contribution >= 4 is 5.91 Å². The number of aliphatic hydroxyl groups is 1. The van der Waals surface area contributed by atoms with Crippen LogP contribution in [0.5, 0.6) is 0 Å². The summed E-state index contributed by atoms with van der Waals surface area (Å²) in [6.07, 6.45) is 3.76. The second-order valence-corrected chi connectivity index (χ2v) is 4.94. The smallest absolute Gasteiger partial charge is 0.223 e. The second kappa shape index (κ2) is 7.67. The summed E-state index contributed by atoms with van der Waals surface area (Å²) < 4.78 is 5.29. The summed E-state index contributed by atoms with van der Waals surface area (Å²) in [7, 11) is 0. The van der Waals surface area contributed by atoms with Gasteiger partial charge in [-0.25, -0.2) is 0 Å². The van der Waals surface area contributed by atoms with Crippen LogP contribution in [0.15, 0.2) is 0 Å². The Bertz CT molecular complexity index is 227. The van der Waals surface area contributed by atoms with Gasteiger partial charge in [0.25, 0.3) is 0 Å². The van der Waals surface area contributed by atoms with Crippen molar-refractivity contribution < 1.29 is 14.6 Å². The molecule has 1 rings (SSSR count). The van der Waals surface area contributed by atoms with Crippen LogP contribution in [0.4, 0.5) is 0 Å². The molecule has 0 aromatic heterocycles. The van der Waals surface area contributed by atoms with Gasteiger partial charge in [0.2, 0.25) is 5.91 Å². The average Bonchev–Trinajstić information content (AvgIpc) is 2.37. The lowest BCUT2D eigenvalue weighted by atomic mass is 9.91. The highest BCUT2D eigenvalue weighted by atomic mass is 16.5. The van der Waals surface area contributed by atoms with Crippen molar-refractivity contribution in [1.82, 2.24) is 5.32 Å². The standard InChI is InChI=1S/C13H25NO3/c1-3-4-10(2)13(16)14-12(9-15)11-5-7-17-8-6-11/h10-12,15H,3-9H2,1-2H3,(H,14,16)/t10?,12-/m0/s1. The van der Waals surface area contributed by atoms with Crippen LogP contribution in [0.25, 0.3) is 0 Å². The van der Waals surface area contributed by atoms with Crippen LogP contribution in [-0.2, 0) is 9.53 Å². The second-order valence-electron chi connectivity index (χ2n) is 4.94. The fraction of sp³-hybridized carbons (Fsp3) is 0.923. The first-order valence-corrected chi connectivity index (χ1v) is 6.68. The molecule has 0 spiro atoms. The van der Waals surface area contributed by atoms with Gasteiger partial charge < -0.3 is 15.2 Å². The van der Waals surface area contributed by atoms with Gasteiger partial charge in [0, 0.05) is 19.1 Å². The molecule has 1 aliphatic heterocycles. The molecule has 0 radical (unpaired) electrons. The number of hydrogen-bond donors (Lipinski definition) is 2. The number of ether oxygens (including phenoxy) is 1. The maximum Gasteiger partial charge on any atom is 0.223 e. The zero-order chi connectivity index (χ0) is 12.7. The molecule has 0 saturated carbocycles. The van der Waals surface area contributed by atoms with E-state index in [0.717, 1.165) is 38.9 Å². The molecular formula is C13H25NO3. The Morgan fingerprint density at radius 2 is 2.12 bits per heavy atom. The molecule has 0 aromatic carbocycles. The van der Waals surface area contributed by atoms with E-state index in [1.807, 2.05) is 6.92 Å². The van der Waals surface area contributed by atoms with Crippen LogP contribution < -0.4 is 5.32 Å². The number of carbonyl (C=O) groups excluding carboxylic acids is 1. The molecule has 4 heteroatoms. The molecule has 1 heterocycles. The number of rotatable bonds is 6. The number of nitrogens with one attached hydrogen (secondary N) is 1. The molecule has 2 atom stereocenters. The molecule has 1 aliphatic rings. The molecule has 4 nitrogen and oxygen atoms in total. The normalized spacial score (nSPS) is 20.9. The highest BCUT2D eigenvalue weighted by Gasteiger charge is 2.26. The van der Waals surface area contributed by atoms with Gasteiger partial charge in [-0.15, -0.1) is 0 Å². The van der Waals surface area contributed by atoms with Gasteiger partial charge in [-0.05, 0) is 25.2 Å². The molecule has 0 aliphatic carbocycles. The third-order valence-electron chi connectivity index (χ3n) is 3.53. The van der Waals surface area contributed by atoms with Gasteiger partial charge in [-0.2, -0.15) is 0 Å². The summed E-state index contributed by atoms with van der Waals surface area (Å²) in [6.45, 7) is 5.52. The van der Waals surface area contributed by atoms with E-state index in [4.69, 9.17) is 4.74 Å². The molecular weight excluding hydrogens is 218 g/mol. The molecule has 1 unspecified atom stereocenters. The molecule has 1 amide bonds. The minimum absolute atomic E-state index is 0.0231. The minimum Gasteiger partial charge on any atom is -0.394 e. The fourth-order valence-electron chi connectivity index (χ4n) is 2.32. The number of aliphatic hydroxyl groups excluding tert-OH is 1. The van der Waals surface area contributed by atoms with Gasteiger partial charge >= 0.3 is 0 Å². The summed E-state index contributed by atoms with van der Waals surface area (Å²) in [5, 5.41) is 12.4. The molecule has 2 N–H and O–H groups in total. The van der Waals surface area contributed by atoms with Gasteiger partial charge in [-0.1, -0.05) is 20.3 Å². The highest BCUT2D eigenvalue weighted by Crippen LogP contribution is 2.19. The quantitative estimate of drug-likeness (QED) is 0.740. The number of hydrogen-bond acceptors (Lipinski definition) is 3. The van der Waals surface area contributed by atoms with Crippen LogP contribution in [0.3, 0.4) is 0 Å². The zero-order valence-corrected chi connectivity index (χ0v) is 10.9. The van der Waals surface area contributed by atoms with E-state index in [2.05, 4.69) is 12.2 Å². The van der Waals surface area contributed by atoms with Crippen molar-refractivity contribution in [3.63, 3.8) is 0 Å². The summed E-state index contributed by atoms with van der Waals surface area (Å²) in [6, 6.07) is -0.106. The van der Waals surface area contributed by atoms with Gasteiger partial charge in [-0.3, -0.25) is 4.79 Å². The lowest BCUT2D eigenvalue weighted by Crippen LogP contribution is -2.46. The first kappa shape index (κ1) is 14.5. The van der Waals surface area contributed by atoms with Gasteiger partial charge in [0.15, 0.2) is 0 Å². The largest absolute Gasteiger partial charge is 0.394 e. The minimum atomic E-state index is -0.106. The Balaban J connectivity index is 2.42. The molecule has 100 valence electrons. The number of carbonyl (C=O) groups is 1. The van der Waals surface area contributed by atoms with Crippen LogP contribution >= 0.6 is 0 Å². The van der Waals surface area contributed by atoms with Crippen molar-refractivity contribution in [3.05, 3.63) is 0 Å². The Morgan fingerprint density at radius 3 is 2.65 bits per heavy atom. The average molecular weight is 243 g/mol. The summed E-state index contributed by atoms with van der Waals surface area (Å²) in [4.78, 5) is 11.9. The van der Waals surface area contributed by atoms with Crippen LogP contribution in [0, 0.1) is 11.8 Å². The van der Waals surface area contributed by atoms with Crippen LogP contribution in [0.1, 0.15) is 39.5 Å². The van der Waals surface area contributed by atoms with E-state index >= 15 is 0 Å². The fourth-order valence-corrected chi connectivity index (χ4v) is 2.32. The van der Waals surface area contributed by atoms with E-state index in [1.165, 1.54) is 0 Å². The monoisotopic (exact) mass is 243 g/mol. The Labute approximate surface area is 104 Å². The topological polar surface area (TPSA) is 58.6 Å². The van der Waals surface area contributed by atoms with Crippen molar-refractivity contribution in [1.29, 1.82) is 0 Å². The maximum absolute atomic E-state index is 11.9. The Hall–Kier alpha value is -0.610. The van der Waals surface area contributed by atoms with E-state index < -0.39 is 0 Å². The van der Waals surface area contributed by atoms with Crippen molar-refractivity contribution in [2.45, 2.75) is 45.6 Å². The lowest BCUT2D eigenvalue weighted by molar-refractivity contribution is -0.126. The van der Waals surface area contributed by atoms with Gasteiger partial charge in [0.1, 0.15) is 0 Å². The van der Waals surface area contributed by atoms with Crippen LogP contribution in [-0.4, -0.2) is 36.9 Å². The molecule has 0 aromatic rings. The zero-order valence-electron chi connectivity index (χ0n) is 10.9. The molecule has 17 heavy (non-hydrogen) atoms. The summed E-state index contributed by atoms with van der Waals surface area (Å²) >= 11 is 0. The van der Waals surface area contributed by atoms with E-state index in [9.17, 15) is 9.90 Å². The number of amides is 1.